The molecule has 1 atom stereocenters. The third-order valence-electron chi connectivity index (χ3n) is 4.10. The van der Waals surface area contributed by atoms with E-state index in [-0.39, 0.29) is 5.82 Å². The molecule has 3 rings (SSSR count). The molecule has 3 heteroatoms. The Bertz CT molecular complexity index is 612. The van der Waals surface area contributed by atoms with Crippen molar-refractivity contribution in [3.05, 3.63) is 65.5 Å². The Morgan fingerprint density at radius 2 is 2.05 bits per heavy atom. The van der Waals surface area contributed by atoms with E-state index in [0.717, 1.165) is 31.6 Å². The first-order valence-corrected chi connectivity index (χ1v) is 7.54. The second kappa shape index (κ2) is 6.27. The number of benzene rings is 2. The SMILES string of the molecule is CC(Cc1cccc(F)c1)N1CCNCc2ccccc21. The van der Waals surface area contributed by atoms with Crippen molar-refractivity contribution >= 4 is 5.69 Å². The predicted octanol–water partition coefficient (Wildman–Crippen LogP) is 3.37. The molecule has 2 aromatic carbocycles. The van der Waals surface area contributed by atoms with Crippen LogP contribution in [0.25, 0.3) is 0 Å². The number of nitrogens with zero attached hydrogens (tertiary/aromatic N) is 1. The standard InChI is InChI=1S/C18H21FN2/c1-14(11-15-5-4-7-17(19)12-15)21-10-9-20-13-16-6-2-3-8-18(16)21/h2-8,12,14,20H,9-11,13H2,1H3. The minimum atomic E-state index is -0.155. The van der Waals surface area contributed by atoms with Crippen molar-refractivity contribution in [1.82, 2.24) is 5.32 Å². The molecule has 1 N–H and O–H groups in total. The maximum absolute atomic E-state index is 13.3. The Labute approximate surface area is 125 Å². The quantitative estimate of drug-likeness (QED) is 0.929. The minimum Gasteiger partial charge on any atom is -0.367 e. The Morgan fingerprint density at radius 3 is 2.90 bits per heavy atom. The van der Waals surface area contributed by atoms with Gasteiger partial charge in [-0.15, -0.1) is 0 Å². The molecular weight excluding hydrogens is 263 g/mol. The van der Waals surface area contributed by atoms with Gasteiger partial charge < -0.3 is 10.2 Å². The highest BCUT2D eigenvalue weighted by atomic mass is 19.1. The lowest BCUT2D eigenvalue weighted by Gasteiger charge is -2.31. The predicted molar refractivity (Wildman–Crippen MR) is 85.1 cm³/mol. The van der Waals surface area contributed by atoms with Crippen LogP contribution in [0.3, 0.4) is 0 Å². The lowest BCUT2D eigenvalue weighted by atomic mass is 10.0. The highest BCUT2D eigenvalue weighted by Gasteiger charge is 2.19. The number of halogens is 1. The molecule has 0 saturated heterocycles. The summed E-state index contributed by atoms with van der Waals surface area (Å²) in [7, 11) is 0. The first kappa shape index (κ1) is 14.1. The maximum Gasteiger partial charge on any atom is 0.123 e. The minimum absolute atomic E-state index is 0.155. The first-order chi connectivity index (χ1) is 10.2. The number of rotatable bonds is 3. The number of para-hydroxylation sites is 1. The molecule has 21 heavy (non-hydrogen) atoms. The second-order valence-corrected chi connectivity index (χ2v) is 5.68. The Balaban J connectivity index is 1.82. The van der Waals surface area contributed by atoms with Gasteiger partial charge in [0.05, 0.1) is 0 Å². The van der Waals surface area contributed by atoms with E-state index >= 15 is 0 Å². The average molecular weight is 284 g/mol. The van der Waals surface area contributed by atoms with Gasteiger partial charge in [-0.3, -0.25) is 0 Å². The monoisotopic (exact) mass is 284 g/mol. The molecule has 2 aromatic rings. The Kier molecular flexibility index (Phi) is 4.20. The topological polar surface area (TPSA) is 15.3 Å². The largest absolute Gasteiger partial charge is 0.367 e. The molecule has 1 heterocycles. The normalized spacial score (nSPS) is 16.2. The van der Waals surface area contributed by atoms with Gasteiger partial charge in [0.1, 0.15) is 5.82 Å². The molecule has 0 aromatic heterocycles. The van der Waals surface area contributed by atoms with Crippen molar-refractivity contribution in [2.45, 2.75) is 25.9 Å². The van der Waals surface area contributed by atoms with Crippen LogP contribution in [0.1, 0.15) is 18.1 Å². The van der Waals surface area contributed by atoms with Gasteiger partial charge in [-0.25, -0.2) is 4.39 Å². The smallest absolute Gasteiger partial charge is 0.123 e. The van der Waals surface area contributed by atoms with Crippen LogP contribution >= 0.6 is 0 Å². The highest BCUT2D eigenvalue weighted by Crippen LogP contribution is 2.25. The lowest BCUT2D eigenvalue weighted by molar-refractivity contribution is 0.603. The summed E-state index contributed by atoms with van der Waals surface area (Å²) in [6.07, 6.45) is 0.853. The van der Waals surface area contributed by atoms with Crippen molar-refractivity contribution in [1.29, 1.82) is 0 Å². The molecule has 0 spiro atoms. The summed E-state index contributed by atoms with van der Waals surface area (Å²) in [6, 6.07) is 15.8. The van der Waals surface area contributed by atoms with Gasteiger partial charge in [0.25, 0.3) is 0 Å². The molecule has 1 aliphatic heterocycles. The van der Waals surface area contributed by atoms with Crippen molar-refractivity contribution in [2.24, 2.45) is 0 Å². The molecule has 0 aliphatic carbocycles. The van der Waals surface area contributed by atoms with Crippen LogP contribution in [-0.4, -0.2) is 19.1 Å². The van der Waals surface area contributed by atoms with Gasteiger partial charge in [-0.05, 0) is 42.7 Å². The number of hydrogen-bond acceptors (Lipinski definition) is 2. The van der Waals surface area contributed by atoms with Crippen LogP contribution in [0.2, 0.25) is 0 Å². The molecule has 0 radical (unpaired) electrons. The fraction of sp³-hybridized carbons (Fsp3) is 0.333. The van der Waals surface area contributed by atoms with Gasteiger partial charge in [-0.2, -0.15) is 0 Å². The Hall–Kier alpha value is -1.87. The van der Waals surface area contributed by atoms with E-state index in [1.165, 1.54) is 17.3 Å². The summed E-state index contributed by atoms with van der Waals surface area (Å²) >= 11 is 0. The third kappa shape index (κ3) is 3.24. The van der Waals surface area contributed by atoms with Crippen LogP contribution < -0.4 is 10.2 Å². The summed E-state index contributed by atoms with van der Waals surface area (Å²) in [4.78, 5) is 2.43. The summed E-state index contributed by atoms with van der Waals surface area (Å²) in [5.41, 5.74) is 3.68. The second-order valence-electron chi connectivity index (χ2n) is 5.68. The van der Waals surface area contributed by atoms with Crippen molar-refractivity contribution in [3.8, 4) is 0 Å². The third-order valence-corrected chi connectivity index (χ3v) is 4.10. The van der Waals surface area contributed by atoms with E-state index in [9.17, 15) is 4.39 Å². The zero-order valence-electron chi connectivity index (χ0n) is 12.3. The molecule has 2 nitrogen and oxygen atoms in total. The van der Waals surface area contributed by atoms with E-state index in [2.05, 4.69) is 41.4 Å². The molecular formula is C18H21FN2. The molecule has 0 bridgehead atoms. The van der Waals surface area contributed by atoms with E-state index in [1.807, 2.05) is 6.07 Å². The van der Waals surface area contributed by atoms with Gasteiger partial charge >= 0.3 is 0 Å². The van der Waals surface area contributed by atoms with E-state index in [4.69, 9.17) is 0 Å². The van der Waals surface area contributed by atoms with Crippen LogP contribution in [-0.2, 0) is 13.0 Å². The first-order valence-electron chi connectivity index (χ1n) is 7.54. The van der Waals surface area contributed by atoms with Crippen molar-refractivity contribution in [2.75, 3.05) is 18.0 Å². The molecule has 0 saturated carbocycles. The van der Waals surface area contributed by atoms with Crippen LogP contribution in [0.5, 0.6) is 0 Å². The maximum atomic E-state index is 13.3. The summed E-state index contributed by atoms with van der Waals surface area (Å²) < 4.78 is 13.3. The Morgan fingerprint density at radius 1 is 1.19 bits per heavy atom. The molecule has 1 aliphatic rings. The van der Waals surface area contributed by atoms with Crippen molar-refractivity contribution in [3.63, 3.8) is 0 Å². The fourth-order valence-corrected chi connectivity index (χ4v) is 3.06. The van der Waals surface area contributed by atoms with Crippen LogP contribution in [0.4, 0.5) is 10.1 Å². The summed E-state index contributed by atoms with van der Waals surface area (Å²) in [5.74, 6) is -0.155. The number of fused-ring (bicyclic) bond motifs is 1. The number of anilines is 1. The summed E-state index contributed by atoms with van der Waals surface area (Å²) in [5, 5.41) is 3.46. The van der Waals surface area contributed by atoms with Gasteiger partial charge in [0.15, 0.2) is 0 Å². The zero-order chi connectivity index (χ0) is 14.7. The highest BCUT2D eigenvalue weighted by molar-refractivity contribution is 5.55. The van der Waals surface area contributed by atoms with Crippen LogP contribution in [0, 0.1) is 5.82 Å². The zero-order valence-corrected chi connectivity index (χ0v) is 12.3. The molecule has 1 unspecified atom stereocenters. The van der Waals surface area contributed by atoms with Gasteiger partial charge in [0.2, 0.25) is 0 Å². The molecule has 0 fully saturated rings. The average Bonchev–Trinajstić information content (AvgIpc) is 2.69. The van der Waals surface area contributed by atoms with Crippen LogP contribution in [0.15, 0.2) is 48.5 Å². The fourth-order valence-electron chi connectivity index (χ4n) is 3.06. The molecule has 110 valence electrons. The number of hydrogen-bond donors (Lipinski definition) is 1. The van der Waals surface area contributed by atoms with E-state index in [0.29, 0.717) is 6.04 Å². The van der Waals surface area contributed by atoms with E-state index < -0.39 is 0 Å². The molecule has 0 amide bonds. The van der Waals surface area contributed by atoms with E-state index in [1.54, 1.807) is 12.1 Å². The van der Waals surface area contributed by atoms with Gasteiger partial charge in [0, 0.05) is 31.4 Å². The summed E-state index contributed by atoms with van der Waals surface area (Å²) in [6.45, 7) is 5.09. The number of nitrogens with one attached hydrogen (secondary N) is 1. The lowest BCUT2D eigenvalue weighted by Crippen LogP contribution is -2.37. The van der Waals surface area contributed by atoms with Gasteiger partial charge in [-0.1, -0.05) is 30.3 Å². The van der Waals surface area contributed by atoms with Crippen molar-refractivity contribution < 1.29 is 4.39 Å².